The van der Waals surface area contributed by atoms with E-state index in [9.17, 15) is 0 Å². The molecule has 3 heterocycles. The van der Waals surface area contributed by atoms with Gasteiger partial charge in [0.1, 0.15) is 11.5 Å². The van der Waals surface area contributed by atoms with Gasteiger partial charge in [0, 0.05) is 6.20 Å². The van der Waals surface area contributed by atoms with Gasteiger partial charge in [0.05, 0.1) is 12.0 Å². The molecule has 0 saturated heterocycles. The summed E-state index contributed by atoms with van der Waals surface area (Å²) in [5.41, 5.74) is 7.66. The molecule has 0 aliphatic heterocycles. The lowest BCUT2D eigenvalue weighted by Crippen LogP contribution is -1.94. The number of methoxy groups -OCH3 is 1. The molecule has 0 atom stereocenters. The van der Waals surface area contributed by atoms with Crippen molar-refractivity contribution in [1.29, 1.82) is 0 Å². The lowest BCUT2D eigenvalue weighted by molar-refractivity contribution is 0.417. The van der Waals surface area contributed by atoms with Crippen LogP contribution in [0, 0.1) is 0 Å². The molecular weight excluding hydrogens is 234 g/mol. The summed E-state index contributed by atoms with van der Waals surface area (Å²) >= 11 is 1.62. The van der Waals surface area contributed by atoms with Gasteiger partial charge in [0.2, 0.25) is 0 Å². The summed E-state index contributed by atoms with van der Waals surface area (Å²) in [5.74, 6) is 1.36. The van der Waals surface area contributed by atoms with E-state index >= 15 is 0 Å². The number of pyridine rings is 1. The normalized spacial score (nSPS) is 10.9. The molecule has 3 aromatic rings. The molecule has 0 aromatic carbocycles. The van der Waals surface area contributed by atoms with Gasteiger partial charge in [-0.05, 0) is 23.6 Å². The summed E-state index contributed by atoms with van der Waals surface area (Å²) in [7, 11) is 1.63. The second-order valence-corrected chi connectivity index (χ2v) is 4.54. The van der Waals surface area contributed by atoms with Crippen LogP contribution in [0.2, 0.25) is 0 Å². The van der Waals surface area contributed by atoms with Crippen LogP contribution < -0.4 is 10.5 Å². The number of anilines is 1. The number of ether oxygens (including phenoxy) is 1. The Kier molecular flexibility index (Phi) is 2.26. The van der Waals surface area contributed by atoms with E-state index in [2.05, 4.69) is 4.98 Å². The molecule has 4 nitrogen and oxygen atoms in total. The van der Waals surface area contributed by atoms with Crippen LogP contribution in [-0.2, 0) is 0 Å². The third-order valence-electron chi connectivity index (χ3n) is 2.63. The zero-order valence-corrected chi connectivity index (χ0v) is 10.1. The lowest BCUT2D eigenvalue weighted by atomic mass is 10.3. The highest BCUT2D eigenvalue weighted by atomic mass is 32.1. The van der Waals surface area contributed by atoms with Crippen molar-refractivity contribution >= 4 is 22.8 Å². The third-order valence-corrected chi connectivity index (χ3v) is 3.50. The zero-order valence-electron chi connectivity index (χ0n) is 9.25. The van der Waals surface area contributed by atoms with E-state index in [4.69, 9.17) is 10.5 Å². The summed E-state index contributed by atoms with van der Waals surface area (Å²) in [5, 5.41) is 2.01. The maximum absolute atomic E-state index is 6.11. The summed E-state index contributed by atoms with van der Waals surface area (Å²) in [4.78, 5) is 5.61. The van der Waals surface area contributed by atoms with Gasteiger partial charge in [0.15, 0.2) is 11.4 Å². The lowest BCUT2D eigenvalue weighted by Gasteiger charge is -2.01. The number of nitrogens with two attached hydrogens (primary N) is 1. The summed E-state index contributed by atoms with van der Waals surface area (Å²) in [6, 6.07) is 7.76. The molecule has 0 bridgehead atoms. The summed E-state index contributed by atoms with van der Waals surface area (Å²) in [6.45, 7) is 0. The Morgan fingerprint density at radius 1 is 1.35 bits per heavy atom. The van der Waals surface area contributed by atoms with Crippen molar-refractivity contribution in [3.63, 3.8) is 0 Å². The van der Waals surface area contributed by atoms with E-state index in [1.165, 1.54) is 0 Å². The number of hydrogen-bond donors (Lipinski definition) is 1. The number of aromatic nitrogens is 2. The molecule has 0 unspecified atom stereocenters. The van der Waals surface area contributed by atoms with Gasteiger partial charge in [-0.25, -0.2) is 4.98 Å². The highest BCUT2D eigenvalue weighted by molar-refractivity contribution is 7.13. The Morgan fingerprint density at radius 3 is 2.94 bits per heavy atom. The average molecular weight is 245 g/mol. The molecular formula is C12H11N3OS. The van der Waals surface area contributed by atoms with Crippen molar-refractivity contribution in [3.05, 3.63) is 35.8 Å². The Morgan fingerprint density at radius 2 is 2.24 bits per heavy atom. The number of nitrogen functional groups attached to an aromatic ring is 1. The van der Waals surface area contributed by atoms with Crippen molar-refractivity contribution in [2.75, 3.05) is 12.8 Å². The molecule has 0 aliphatic rings. The molecule has 0 aliphatic carbocycles. The van der Waals surface area contributed by atoms with Crippen LogP contribution in [0.15, 0.2) is 35.8 Å². The minimum Gasteiger partial charge on any atom is -0.493 e. The van der Waals surface area contributed by atoms with Gasteiger partial charge in [0.25, 0.3) is 0 Å². The van der Waals surface area contributed by atoms with Crippen LogP contribution in [0.5, 0.6) is 5.75 Å². The second kappa shape index (κ2) is 3.78. The Labute approximate surface area is 102 Å². The van der Waals surface area contributed by atoms with Crippen molar-refractivity contribution in [1.82, 2.24) is 9.38 Å². The molecule has 3 aromatic heterocycles. The van der Waals surface area contributed by atoms with Crippen LogP contribution in [-0.4, -0.2) is 16.5 Å². The van der Waals surface area contributed by atoms with E-state index in [1.54, 1.807) is 18.4 Å². The van der Waals surface area contributed by atoms with Gasteiger partial charge >= 0.3 is 0 Å². The minimum absolute atomic E-state index is 0.640. The molecule has 5 heteroatoms. The van der Waals surface area contributed by atoms with Crippen molar-refractivity contribution in [2.24, 2.45) is 0 Å². The van der Waals surface area contributed by atoms with Crippen LogP contribution in [0.1, 0.15) is 0 Å². The fraction of sp³-hybridized carbons (Fsp3) is 0.0833. The van der Waals surface area contributed by atoms with Gasteiger partial charge < -0.3 is 10.5 Å². The van der Waals surface area contributed by atoms with E-state index in [0.29, 0.717) is 5.82 Å². The molecule has 0 fully saturated rings. The fourth-order valence-corrected chi connectivity index (χ4v) is 2.54. The van der Waals surface area contributed by atoms with Crippen LogP contribution in [0.25, 0.3) is 16.2 Å². The molecule has 0 amide bonds. The first kappa shape index (κ1) is 10.2. The maximum atomic E-state index is 6.11. The highest BCUT2D eigenvalue weighted by Crippen LogP contribution is 2.32. The van der Waals surface area contributed by atoms with Gasteiger partial charge in [-0.15, -0.1) is 11.3 Å². The van der Waals surface area contributed by atoms with Crippen molar-refractivity contribution in [2.45, 2.75) is 0 Å². The number of thiophene rings is 1. The topological polar surface area (TPSA) is 52.5 Å². The molecule has 3 rings (SSSR count). The number of rotatable bonds is 2. The zero-order chi connectivity index (χ0) is 11.8. The monoisotopic (exact) mass is 245 g/mol. The minimum atomic E-state index is 0.640. The molecule has 0 spiro atoms. The van der Waals surface area contributed by atoms with Crippen molar-refractivity contribution in [3.8, 4) is 16.3 Å². The first-order chi connectivity index (χ1) is 8.31. The van der Waals surface area contributed by atoms with Crippen molar-refractivity contribution < 1.29 is 4.74 Å². The van der Waals surface area contributed by atoms with Crippen LogP contribution in [0.4, 0.5) is 5.82 Å². The van der Waals surface area contributed by atoms with Crippen LogP contribution >= 0.6 is 11.3 Å². The number of imidazole rings is 1. The molecule has 2 N–H and O–H groups in total. The summed E-state index contributed by atoms with van der Waals surface area (Å²) in [6.07, 6.45) is 1.89. The van der Waals surface area contributed by atoms with Crippen LogP contribution in [0.3, 0.4) is 0 Å². The van der Waals surface area contributed by atoms with Gasteiger partial charge in [-0.3, -0.25) is 4.40 Å². The molecule has 0 saturated carbocycles. The van der Waals surface area contributed by atoms with Gasteiger partial charge in [-0.2, -0.15) is 0 Å². The molecule has 0 radical (unpaired) electrons. The standard InChI is InChI=1S/C12H11N3OS/c1-16-8-4-2-6-15-11(13)10(14-12(8)15)9-5-3-7-17-9/h2-7H,13H2,1H3. The third kappa shape index (κ3) is 1.47. The predicted octanol–water partition coefficient (Wildman–Crippen LogP) is 2.65. The molecule has 17 heavy (non-hydrogen) atoms. The SMILES string of the molecule is COc1cccn2c(N)c(-c3cccs3)nc12. The Hall–Kier alpha value is -2.01. The Bertz CT molecular complexity index is 658. The number of hydrogen-bond acceptors (Lipinski definition) is 4. The van der Waals surface area contributed by atoms with E-state index in [-0.39, 0.29) is 0 Å². The predicted molar refractivity (Wildman–Crippen MR) is 69.5 cm³/mol. The number of fused-ring (bicyclic) bond motifs is 1. The molecule has 86 valence electrons. The van der Waals surface area contributed by atoms with E-state index < -0.39 is 0 Å². The average Bonchev–Trinajstić information content (AvgIpc) is 2.97. The van der Waals surface area contributed by atoms with E-state index in [1.807, 2.05) is 40.2 Å². The quantitative estimate of drug-likeness (QED) is 0.755. The maximum Gasteiger partial charge on any atom is 0.181 e. The first-order valence-electron chi connectivity index (χ1n) is 5.15. The summed E-state index contributed by atoms with van der Waals surface area (Å²) < 4.78 is 7.12. The number of nitrogens with zero attached hydrogens (tertiary/aromatic N) is 2. The largest absolute Gasteiger partial charge is 0.493 e. The highest BCUT2D eigenvalue weighted by Gasteiger charge is 2.14. The fourth-order valence-electron chi connectivity index (χ4n) is 1.81. The van der Waals surface area contributed by atoms with E-state index in [0.717, 1.165) is 22.0 Å². The smallest absolute Gasteiger partial charge is 0.181 e. The first-order valence-corrected chi connectivity index (χ1v) is 6.03. The second-order valence-electron chi connectivity index (χ2n) is 3.59. The van der Waals surface area contributed by atoms with Gasteiger partial charge in [-0.1, -0.05) is 6.07 Å². The Balaban J connectivity index is 2.32.